The molecule has 8 nitrogen and oxygen atoms in total. The highest BCUT2D eigenvalue weighted by Gasteiger charge is 2.54. The quantitative estimate of drug-likeness (QED) is 0.562. The summed E-state index contributed by atoms with van der Waals surface area (Å²) in [6.45, 7) is 1.93. The van der Waals surface area contributed by atoms with Gasteiger partial charge in [0.2, 0.25) is 0 Å². The number of aromatic nitrogens is 6. The van der Waals surface area contributed by atoms with Crippen molar-refractivity contribution in [2.45, 2.75) is 31.7 Å². The number of hydrogen-bond donors (Lipinski definition) is 1. The van der Waals surface area contributed by atoms with Crippen molar-refractivity contribution in [3.8, 4) is 34.8 Å². The maximum atomic E-state index is 9.43. The van der Waals surface area contributed by atoms with Gasteiger partial charge in [-0.1, -0.05) is 0 Å². The van der Waals surface area contributed by atoms with Gasteiger partial charge in [0.05, 0.1) is 46.9 Å². The zero-order valence-corrected chi connectivity index (χ0v) is 16.4. The Hall–Kier alpha value is -4.04. The smallest absolute Gasteiger partial charge is 0.111 e. The number of nitrogens with one attached hydrogen (secondary N) is 1. The molecule has 1 saturated carbocycles. The first-order valence-electron chi connectivity index (χ1n) is 9.66. The molecular formula is C22H18N8. The van der Waals surface area contributed by atoms with Gasteiger partial charge < -0.3 is 0 Å². The Kier molecular flexibility index (Phi) is 3.90. The normalized spacial score (nSPS) is 22.9. The first-order valence-corrected chi connectivity index (χ1v) is 9.66. The number of pyridine rings is 2. The van der Waals surface area contributed by atoms with Gasteiger partial charge in [0, 0.05) is 29.5 Å². The average molecular weight is 394 g/mol. The Bertz CT molecular complexity index is 1310. The number of aromatic amines is 1. The Balaban J connectivity index is 1.62. The summed E-state index contributed by atoms with van der Waals surface area (Å²) in [5, 5.41) is 31.3. The molecule has 4 aromatic rings. The van der Waals surface area contributed by atoms with Crippen LogP contribution in [0, 0.1) is 28.1 Å². The molecule has 1 aliphatic carbocycles. The number of hydrogen-bond acceptors (Lipinski definition) is 6. The minimum Gasteiger partial charge on any atom is -0.285 e. The largest absolute Gasteiger partial charge is 0.285 e. The molecule has 0 spiro atoms. The molecule has 30 heavy (non-hydrogen) atoms. The monoisotopic (exact) mass is 394 g/mol. The summed E-state index contributed by atoms with van der Waals surface area (Å²) in [5.74, 6) is 0. The molecule has 5 rings (SSSR count). The molecule has 0 aromatic carbocycles. The van der Waals surface area contributed by atoms with Crippen LogP contribution in [0.25, 0.3) is 33.5 Å². The molecule has 1 fully saturated rings. The van der Waals surface area contributed by atoms with Crippen LogP contribution in [0.5, 0.6) is 0 Å². The van der Waals surface area contributed by atoms with Crippen LogP contribution in [0.3, 0.4) is 0 Å². The van der Waals surface area contributed by atoms with E-state index in [0.29, 0.717) is 25.0 Å². The summed E-state index contributed by atoms with van der Waals surface area (Å²) in [6, 6.07) is 12.3. The van der Waals surface area contributed by atoms with Crippen molar-refractivity contribution < 1.29 is 0 Å². The molecule has 1 N–H and O–H groups in total. The minimum atomic E-state index is -0.451. The predicted molar refractivity (Wildman–Crippen MR) is 109 cm³/mol. The highest BCUT2D eigenvalue weighted by atomic mass is 15.3. The van der Waals surface area contributed by atoms with Crippen LogP contribution in [-0.4, -0.2) is 29.9 Å². The van der Waals surface area contributed by atoms with Gasteiger partial charge in [0.15, 0.2) is 0 Å². The van der Waals surface area contributed by atoms with E-state index in [-0.39, 0.29) is 0 Å². The second-order valence-corrected chi connectivity index (χ2v) is 8.14. The lowest BCUT2D eigenvalue weighted by Crippen LogP contribution is -2.51. The van der Waals surface area contributed by atoms with Crippen molar-refractivity contribution in [3.05, 3.63) is 49.1 Å². The summed E-state index contributed by atoms with van der Waals surface area (Å²) in [4.78, 5) is 9.35. The Morgan fingerprint density at radius 3 is 2.83 bits per heavy atom. The van der Waals surface area contributed by atoms with Crippen LogP contribution in [-0.2, 0) is 5.54 Å². The SMILES string of the molecule is C[C@]1(C#N)C[C@@](CC#N)(n2ccc(-c3nc(-c4cn[nH]c4)cc4ncccc34)n2)C1. The second-order valence-electron chi connectivity index (χ2n) is 8.14. The lowest BCUT2D eigenvalue weighted by Gasteiger charge is -2.50. The molecule has 0 amide bonds. The number of H-pyrrole nitrogens is 1. The predicted octanol–water partition coefficient (Wildman–Crippen LogP) is 3.82. The standard InChI is InChI=1S/C22H18N8/c1-21(14-24)12-22(13-21,5-6-23)30-8-4-17(29-30)20-16-3-2-7-25-19(16)9-18(28-20)15-10-26-27-11-15/h2-4,7-11H,5,12-13H2,1H3,(H,26,27)/t21-,22+. The van der Waals surface area contributed by atoms with Crippen LogP contribution < -0.4 is 0 Å². The fourth-order valence-corrected chi connectivity index (χ4v) is 4.52. The van der Waals surface area contributed by atoms with Gasteiger partial charge in [-0.25, -0.2) is 4.98 Å². The van der Waals surface area contributed by atoms with Crippen molar-refractivity contribution >= 4 is 10.9 Å². The Morgan fingerprint density at radius 2 is 2.10 bits per heavy atom. The molecule has 0 bridgehead atoms. The third-order valence-corrected chi connectivity index (χ3v) is 5.83. The van der Waals surface area contributed by atoms with Gasteiger partial charge in [-0.05, 0) is 44.0 Å². The zero-order valence-electron chi connectivity index (χ0n) is 16.4. The number of nitriles is 2. The van der Waals surface area contributed by atoms with Crippen LogP contribution in [0.1, 0.15) is 26.2 Å². The summed E-state index contributed by atoms with van der Waals surface area (Å²) >= 11 is 0. The number of nitrogens with zero attached hydrogens (tertiary/aromatic N) is 7. The van der Waals surface area contributed by atoms with Crippen molar-refractivity contribution in [3.63, 3.8) is 0 Å². The number of rotatable bonds is 4. The van der Waals surface area contributed by atoms with E-state index in [1.165, 1.54) is 0 Å². The molecule has 0 unspecified atom stereocenters. The van der Waals surface area contributed by atoms with Gasteiger partial charge in [-0.3, -0.25) is 14.8 Å². The fraction of sp³-hybridized carbons (Fsp3) is 0.273. The third kappa shape index (κ3) is 2.73. The zero-order chi connectivity index (χ0) is 20.8. The van der Waals surface area contributed by atoms with E-state index in [0.717, 1.165) is 27.9 Å². The molecule has 1 aliphatic rings. The second kappa shape index (κ2) is 6.50. The Labute approximate surface area is 172 Å². The van der Waals surface area contributed by atoms with Crippen LogP contribution in [0.2, 0.25) is 0 Å². The van der Waals surface area contributed by atoms with Gasteiger partial charge in [-0.2, -0.15) is 20.7 Å². The lowest BCUT2D eigenvalue weighted by molar-refractivity contribution is 0.0200. The highest BCUT2D eigenvalue weighted by Crippen LogP contribution is 2.54. The first kappa shape index (κ1) is 18.0. The summed E-state index contributed by atoms with van der Waals surface area (Å²) in [5.41, 5.74) is 3.01. The summed E-state index contributed by atoms with van der Waals surface area (Å²) < 4.78 is 1.85. The minimum absolute atomic E-state index is 0.316. The maximum Gasteiger partial charge on any atom is 0.111 e. The number of fused-ring (bicyclic) bond motifs is 1. The van der Waals surface area contributed by atoms with E-state index in [2.05, 4.69) is 27.3 Å². The van der Waals surface area contributed by atoms with E-state index >= 15 is 0 Å². The molecule has 0 saturated heterocycles. The van der Waals surface area contributed by atoms with Crippen molar-refractivity contribution in [1.29, 1.82) is 10.5 Å². The first-order chi connectivity index (χ1) is 14.6. The molecular weight excluding hydrogens is 376 g/mol. The van der Waals surface area contributed by atoms with Crippen molar-refractivity contribution in [2.24, 2.45) is 5.41 Å². The molecule has 0 aliphatic heterocycles. The fourth-order valence-electron chi connectivity index (χ4n) is 4.52. The van der Waals surface area contributed by atoms with E-state index < -0.39 is 11.0 Å². The van der Waals surface area contributed by atoms with Crippen LogP contribution in [0.4, 0.5) is 0 Å². The summed E-state index contributed by atoms with van der Waals surface area (Å²) in [6.07, 6.45) is 8.68. The summed E-state index contributed by atoms with van der Waals surface area (Å²) in [7, 11) is 0. The van der Waals surface area contributed by atoms with Crippen molar-refractivity contribution in [2.75, 3.05) is 0 Å². The van der Waals surface area contributed by atoms with E-state index in [9.17, 15) is 10.5 Å². The van der Waals surface area contributed by atoms with Crippen LogP contribution >= 0.6 is 0 Å². The topological polar surface area (TPSA) is 120 Å². The van der Waals surface area contributed by atoms with E-state index in [4.69, 9.17) is 10.1 Å². The highest BCUT2D eigenvalue weighted by molar-refractivity contribution is 5.93. The van der Waals surface area contributed by atoms with Gasteiger partial charge in [-0.15, -0.1) is 0 Å². The molecule has 0 atom stereocenters. The van der Waals surface area contributed by atoms with Gasteiger partial charge in [0.1, 0.15) is 11.4 Å². The molecule has 0 radical (unpaired) electrons. The van der Waals surface area contributed by atoms with E-state index in [1.807, 2.05) is 42.1 Å². The molecule has 146 valence electrons. The van der Waals surface area contributed by atoms with Gasteiger partial charge in [0.25, 0.3) is 0 Å². The van der Waals surface area contributed by atoms with Gasteiger partial charge >= 0.3 is 0 Å². The Morgan fingerprint density at radius 1 is 1.23 bits per heavy atom. The van der Waals surface area contributed by atoms with Crippen molar-refractivity contribution in [1.82, 2.24) is 29.9 Å². The maximum absolute atomic E-state index is 9.43. The molecule has 8 heteroatoms. The molecule has 4 heterocycles. The average Bonchev–Trinajstić information content (AvgIpc) is 3.44. The third-order valence-electron chi connectivity index (χ3n) is 5.83. The lowest BCUT2D eigenvalue weighted by atomic mass is 9.58. The van der Waals surface area contributed by atoms with E-state index in [1.54, 1.807) is 18.6 Å². The van der Waals surface area contributed by atoms with Crippen LogP contribution in [0.15, 0.2) is 49.1 Å². The molecule has 4 aromatic heterocycles.